The maximum absolute atomic E-state index is 13.4. The van der Waals surface area contributed by atoms with E-state index in [2.05, 4.69) is 10.6 Å². The summed E-state index contributed by atoms with van der Waals surface area (Å²) >= 11 is 0.651. The molecule has 198 valence electrons. The number of anilines is 1. The van der Waals surface area contributed by atoms with Gasteiger partial charge in [0.15, 0.2) is 0 Å². The van der Waals surface area contributed by atoms with Gasteiger partial charge in [-0.25, -0.2) is 0 Å². The van der Waals surface area contributed by atoms with Gasteiger partial charge in [-0.05, 0) is 73.1 Å². The number of rotatable bonds is 7. The summed E-state index contributed by atoms with van der Waals surface area (Å²) in [5.41, 5.74) is 0.728. The number of alkyl halides is 3. The Morgan fingerprint density at radius 2 is 1.76 bits per heavy atom. The van der Waals surface area contributed by atoms with E-state index in [0.29, 0.717) is 54.6 Å². The van der Waals surface area contributed by atoms with Crippen LogP contribution in [-0.4, -0.2) is 60.1 Å². The van der Waals surface area contributed by atoms with E-state index >= 15 is 0 Å². The average Bonchev–Trinajstić information content (AvgIpc) is 3.54. The molecule has 3 aliphatic rings. The van der Waals surface area contributed by atoms with Crippen LogP contribution in [0.4, 0.5) is 23.7 Å². The van der Waals surface area contributed by atoms with Crippen LogP contribution >= 0.6 is 11.8 Å². The number of hydrogen-bond acceptors (Lipinski definition) is 7. The fraction of sp³-hybridized carbons (Fsp3) is 0.308. The third-order valence-electron chi connectivity index (χ3n) is 6.68. The first-order chi connectivity index (χ1) is 18.1. The van der Waals surface area contributed by atoms with Crippen LogP contribution in [0.25, 0.3) is 6.08 Å². The molecular formula is C26H23F3N4O4S. The maximum atomic E-state index is 13.4. The van der Waals surface area contributed by atoms with E-state index in [1.54, 1.807) is 24.3 Å². The van der Waals surface area contributed by atoms with Crippen molar-refractivity contribution in [1.29, 1.82) is 0 Å². The first kappa shape index (κ1) is 26.0. The van der Waals surface area contributed by atoms with Crippen molar-refractivity contribution in [3.05, 3.63) is 69.6 Å². The molecule has 2 saturated heterocycles. The van der Waals surface area contributed by atoms with Gasteiger partial charge in [0.25, 0.3) is 23.0 Å². The molecule has 2 aromatic carbocycles. The number of nitrogens with zero attached hydrogens (tertiary/aromatic N) is 2. The average molecular weight is 545 g/mol. The minimum atomic E-state index is -4.55. The Balaban J connectivity index is 1.21. The van der Waals surface area contributed by atoms with Crippen molar-refractivity contribution < 1.29 is 32.3 Å². The lowest BCUT2D eigenvalue weighted by Gasteiger charge is -2.23. The van der Waals surface area contributed by atoms with Crippen LogP contribution in [0.15, 0.2) is 47.4 Å². The van der Waals surface area contributed by atoms with E-state index in [4.69, 9.17) is 0 Å². The number of carbonyl (C=O) groups excluding carboxylic acids is 4. The van der Waals surface area contributed by atoms with Crippen LogP contribution in [0.2, 0.25) is 0 Å². The molecule has 4 amide bonds. The summed E-state index contributed by atoms with van der Waals surface area (Å²) in [7, 11) is 0. The highest BCUT2D eigenvalue weighted by Crippen LogP contribution is 2.36. The summed E-state index contributed by atoms with van der Waals surface area (Å²) in [5, 5.41) is 4.94. The van der Waals surface area contributed by atoms with E-state index in [-0.39, 0.29) is 34.9 Å². The van der Waals surface area contributed by atoms with Crippen LogP contribution in [-0.2, 0) is 11.0 Å². The Labute approximate surface area is 220 Å². The smallest absolute Gasteiger partial charge is 0.369 e. The van der Waals surface area contributed by atoms with Crippen LogP contribution < -0.4 is 15.5 Å². The van der Waals surface area contributed by atoms with Crippen LogP contribution in [0, 0.1) is 0 Å². The molecule has 0 saturated carbocycles. The molecule has 38 heavy (non-hydrogen) atoms. The Morgan fingerprint density at radius 3 is 2.39 bits per heavy atom. The zero-order valence-electron chi connectivity index (χ0n) is 20.0. The normalized spacial score (nSPS) is 20.6. The predicted molar refractivity (Wildman–Crippen MR) is 136 cm³/mol. The molecule has 0 bridgehead atoms. The second-order valence-electron chi connectivity index (χ2n) is 9.17. The monoisotopic (exact) mass is 544 g/mol. The molecule has 5 rings (SSSR count). The molecule has 1 atom stereocenters. The molecule has 2 aromatic rings. The van der Waals surface area contributed by atoms with Crippen LogP contribution in [0.5, 0.6) is 0 Å². The number of halogens is 3. The number of amides is 4. The van der Waals surface area contributed by atoms with E-state index in [9.17, 15) is 32.3 Å². The molecule has 0 spiro atoms. The third kappa shape index (κ3) is 5.18. The van der Waals surface area contributed by atoms with Gasteiger partial charge < -0.3 is 10.2 Å². The highest BCUT2D eigenvalue weighted by Gasteiger charge is 2.35. The van der Waals surface area contributed by atoms with E-state index in [0.717, 1.165) is 18.6 Å². The number of carbonyl (C=O) groups is 4. The second kappa shape index (κ2) is 10.3. The lowest BCUT2D eigenvalue weighted by atomic mass is 10.1. The molecule has 8 nitrogen and oxygen atoms in total. The van der Waals surface area contributed by atoms with Crippen molar-refractivity contribution in [3.63, 3.8) is 0 Å². The minimum absolute atomic E-state index is 0.0394. The van der Waals surface area contributed by atoms with Gasteiger partial charge in [-0.1, -0.05) is 12.1 Å². The number of benzene rings is 2. The van der Waals surface area contributed by atoms with Crippen molar-refractivity contribution in [2.45, 2.75) is 25.1 Å². The Hall–Kier alpha value is -3.64. The lowest BCUT2D eigenvalue weighted by molar-refractivity contribution is -0.137. The van der Waals surface area contributed by atoms with Crippen molar-refractivity contribution in [2.24, 2.45) is 0 Å². The Morgan fingerprint density at radius 1 is 1.05 bits per heavy atom. The van der Waals surface area contributed by atoms with Gasteiger partial charge in [0.05, 0.1) is 21.6 Å². The van der Waals surface area contributed by atoms with Crippen LogP contribution in [0.1, 0.15) is 44.7 Å². The number of nitrogens with one attached hydrogen (secondary N) is 2. The highest BCUT2D eigenvalue weighted by molar-refractivity contribution is 8.18. The van der Waals surface area contributed by atoms with Gasteiger partial charge in [0.1, 0.15) is 0 Å². The van der Waals surface area contributed by atoms with Gasteiger partial charge in [0.2, 0.25) is 0 Å². The summed E-state index contributed by atoms with van der Waals surface area (Å²) in [5.74, 6) is -1.22. The highest BCUT2D eigenvalue weighted by atomic mass is 32.2. The molecular weight excluding hydrogens is 521 g/mol. The molecule has 2 N–H and O–H groups in total. The quantitative estimate of drug-likeness (QED) is 0.310. The number of fused-ring (bicyclic) bond motifs is 1. The topological polar surface area (TPSA) is 98.8 Å². The molecule has 2 fully saturated rings. The fourth-order valence-corrected chi connectivity index (χ4v) is 5.50. The Bertz CT molecular complexity index is 1330. The van der Waals surface area contributed by atoms with E-state index < -0.39 is 22.9 Å². The van der Waals surface area contributed by atoms with Gasteiger partial charge in [-0.3, -0.25) is 29.4 Å². The van der Waals surface area contributed by atoms with Gasteiger partial charge in [-0.2, -0.15) is 13.2 Å². The van der Waals surface area contributed by atoms with Crippen molar-refractivity contribution >= 4 is 46.5 Å². The fourth-order valence-electron chi connectivity index (χ4n) is 4.83. The molecule has 0 radical (unpaired) electrons. The molecule has 0 aliphatic carbocycles. The molecule has 0 aromatic heterocycles. The maximum Gasteiger partial charge on any atom is 0.416 e. The standard InChI is InChI=1S/C26H23F3N4O4S/c27-26(28,29)16-6-7-20(15(12-16)13-21-22(34)31-25(37)38-21)32-11-8-17(14-32)30-9-3-10-33-23(35)18-4-1-2-5-19(18)24(33)36/h1-2,4-7,12-13,17,30H,3,8-11,14H2,(H,31,34,37). The summed E-state index contributed by atoms with van der Waals surface area (Å²) < 4.78 is 40.1. The van der Waals surface area contributed by atoms with Gasteiger partial charge >= 0.3 is 6.18 Å². The molecule has 1 unspecified atom stereocenters. The van der Waals surface area contributed by atoms with Gasteiger partial charge in [0, 0.05) is 31.4 Å². The minimum Gasteiger partial charge on any atom is -0.369 e. The first-order valence-corrected chi connectivity index (χ1v) is 12.8. The second-order valence-corrected chi connectivity index (χ2v) is 10.2. The number of thioether (sulfide) groups is 1. The third-order valence-corrected chi connectivity index (χ3v) is 7.49. The van der Waals surface area contributed by atoms with Gasteiger partial charge in [-0.15, -0.1) is 0 Å². The number of imide groups is 2. The molecule has 12 heteroatoms. The molecule has 3 aliphatic heterocycles. The van der Waals surface area contributed by atoms with Crippen LogP contribution in [0.3, 0.4) is 0 Å². The largest absolute Gasteiger partial charge is 0.416 e. The first-order valence-electron chi connectivity index (χ1n) is 12.0. The lowest BCUT2D eigenvalue weighted by Crippen LogP contribution is -2.36. The van der Waals surface area contributed by atoms with Crippen molar-refractivity contribution in [1.82, 2.24) is 15.5 Å². The number of hydrogen-bond donors (Lipinski definition) is 2. The predicted octanol–water partition coefficient (Wildman–Crippen LogP) is 3.88. The van der Waals surface area contributed by atoms with Crippen molar-refractivity contribution in [2.75, 3.05) is 31.1 Å². The van der Waals surface area contributed by atoms with Crippen molar-refractivity contribution in [3.8, 4) is 0 Å². The SMILES string of the molecule is O=C1NC(=O)C(=Cc2cc(C(F)(F)F)ccc2N2CCC(NCCCN3C(=O)c4ccccc4C3=O)C2)S1. The summed E-state index contributed by atoms with van der Waals surface area (Å²) in [6, 6.07) is 10.2. The zero-order valence-corrected chi connectivity index (χ0v) is 20.8. The summed E-state index contributed by atoms with van der Waals surface area (Å²) in [6.07, 6.45) is -1.95. The molecule has 3 heterocycles. The zero-order chi connectivity index (χ0) is 27.0. The summed E-state index contributed by atoms with van der Waals surface area (Å²) in [4.78, 5) is 51.7. The van der Waals surface area contributed by atoms with E-state index in [1.165, 1.54) is 17.0 Å². The Kier molecular flexibility index (Phi) is 7.01. The van der Waals surface area contributed by atoms with E-state index in [1.807, 2.05) is 4.90 Å². The summed E-state index contributed by atoms with van der Waals surface area (Å²) in [6.45, 7) is 1.93.